The number of ether oxygens (including phenoxy) is 4. The first-order valence-corrected chi connectivity index (χ1v) is 41.5. The molecule has 3 unspecified atom stereocenters. The number of phosphoric acid groups is 2. The SMILES string of the molecule is CCCCCCCCCCCCCCCCCCCCCCC(=O)O[C@H](COC(=O)CCCCCCCCCCCCC(C)CC)COP(=O)(O)OC[C@@H](O)COP(=O)(O)OC[C@@H](COC(=O)CCCCCCCCCCC)OC(=O)CCCCCCCCCC(C)C. The standard InChI is InChI=1S/C74H144O17P2/c1-7-10-12-14-16-18-19-20-21-22-23-24-25-26-27-28-34-40-46-52-58-73(78)90-69(62-85-72(77)57-51-45-39-33-30-29-32-37-43-49-55-67(6)9-3)64-88-92(80,81)86-60-68(75)61-87-93(82,83)89-65-70(63-84-71(76)56-50-44-38-31-17-15-13-11-8-2)91-74(79)59-53-47-41-35-36-42-48-54-66(4)5/h66-70,75H,7-65H2,1-6H3,(H,80,81)(H,82,83)/t67?,68-,69-,70-/m1/s1. The van der Waals surface area contributed by atoms with E-state index in [1.807, 2.05) is 0 Å². The van der Waals surface area contributed by atoms with Crippen molar-refractivity contribution >= 4 is 39.5 Å². The molecule has 552 valence electrons. The number of esters is 4. The second-order valence-electron chi connectivity index (χ2n) is 27.4. The summed E-state index contributed by atoms with van der Waals surface area (Å²) in [7, 11) is -9.90. The van der Waals surface area contributed by atoms with Gasteiger partial charge in [-0.15, -0.1) is 0 Å². The van der Waals surface area contributed by atoms with Crippen molar-refractivity contribution < 1.29 is 80.2 Å². The van der Waals surface area contributed by atoms with Crippen LogP contribution in [0.1, 0.15) is 382 Å². The molecule has 0 heterocycles. The zero-order valence-electron chi connectivity index (χ0n) is 60.6. The predicted octanol–water partition coefficient (Wildman–Crippen LogP) is 21.6. The van der Waals surface area contributed by atoms with Crippen LogP contribution in [0.15, 0.2) is 0 Å². The topological polar surface area (TPSA) is 237 Å². The molecule has 0 aliphatic rings. The normalized spacial score (nSPS) is 14.3. The second-order valence-corrected chi connectivity index (χ2v) is 30.3. The molecule has 0 radical (unpaired) electrons. The highest BCUT2D eigenvalue weighted by molar-refractivity contribution is 7.47. The van der Waals surface area contributed by atoms with Crippen LogP contribution in [0, 0.1) is 11.8 Å². The van der Waals surface area contributed by atoms with Crippen molar-refractivity contribution in [3.8, 4) is 0 Å². The molecule has 0 amide bonds. The fourth-order valence-corrected chi connectivity index (χ4v) is 12.8. The van der Waals surface area contributed by atoms with Gasteiger partial charge in [0.05, 0.1) is 26.4 Å². The van der Waals surface area contributed by atoms with Crippen molar-refractivity contribution in [2.45, 2.75) is 400 Å². The molecular formula is C74H144O17P2. The number of aliphatic hydroxyl groups excluding tert-OH is 1. The van der Waals surface area contributed by atoms with E-state index in [4.69, 9.17) is 37.0 Å². The van der Waals surface area contributed by atoms with E-state index < -0.39 is 97.5 Å². The number of rotatable bonds is 73. The molecule has 17 nitrogen and oxygen atoms in total. The highest BCUT2D eigenvalue weighted by atomic mass is 31.2. The number of hydrogen-bond acceptors (Lipinski definition) is 15. The summed E-state index contributed by atoms with van der Waals surface area (Å²) < 4.78 is 68.4. The third kappa shape index (κ3) is 67.0. The van der Waals surface area contributed by atoms with Gasteiger partial charge in [-0.1, -0.05) is 330 Å². The molecule has 0 saturated carbocycles. The van der Waals surface area contributed by atoms with Gasteiger partial charge in [0, 0.05) is 25.7 Å². The highest BCUT2D eigenvalue weighted by Gasteiger charge is 2.30. The van der Waals surface area contributed by atoms with Crippen LogP contribution in [0.5, 0.6) is 0 Å². The van der Waals surface area contributed by atoms with Gasteiger partial charge in [-0.2, -0.15) is 0 Å². The summed E-state index contributed by atoms with van der Waals surface area (Å²) in [5.41, 5.74) is 0. The Balaban J connectivity index is 5.20. The number of phosphoric ester groups is 2. The van der Waals surface area contributed by atoms with Gasteiger partial charge in [0.2, 0.25) is 0 Å². The maximum Gasteiger partial charge on any atom is 0.472 e. The van der Waals surface area contributed by atoms with Crippen molar-refractivity contribution in [3.05, 3.63) is 0 Å². The van der Waals surface area contributed by atoms with Crippen LogP contribution in [-0.2, 0) is 65.4 Å². The molecule has 0 bridgehead atoms. The Bertz CT molecular complexity index is 1810. The van der Waals surface area contributed by atoms with E-state index >= 15 is 0 Å². The average Bonchev–Trinajstić information content (AvgIpc) is 1.82. The first-order valence-electron chi connectivity index (χ1n) is 38.5. The van der Waals surface area contributed by atoms with Crippen LogP contribution in [0.3, 0.4) is 0 Å². The maximum atomic E-state index is 13.1. The van der Waals surface area contributed by atoms with Gasteiger partial charge in [-0.05, 0) is 37.5 Å². The molecule has 0 fully saturated rings. The van der Waals surface area contributed by atoms with E-state index in [9.17, 15) is 43.2 Å². The molecule has 0 aromatic heterocycles. The minimum atomic E-state index is -4.96. The van der Waals surface area contributed by atoms with Gasteiger partial charge in [-0.3, -0.25) is 37.3 Å². The Morgan fingerprint density at radius 1 is 0.312 bits per heavy atom. The number of unbranched alkanes of at least 4 members (excludes halogenated alkanes) is 42. The molecule has 0 rings (SSSR count). The van der Waals surface area contributed by atoms with Crippen molar-refractivity contribution in [2.24, 2.45) is 11.8 Å². The quantitative estimate of drug-likeness (QED) is 0.0222. The summed E-state index contributed by atoms with van der Waals surface area (Å²) in [6.07, 6.45) is 52.9. The third-order valence-corrected chi connectivity index (χ3v) is 19.5. The zero-order chi connectivity index (χ0) is 68.6. The van der Waals surface area contributed by atoms with Crippen LogP contribution < -0.4 is 0 Å². The number of hydrogen-bond donors (Lipinski definition) is 3. The average molecular weight is 1370 g/mol. The molecule has 0 saturated heterocycles. The van der Waals surface area contributed by atoms with Gasteiger partial charge in [0.15, 0.2) is 12.2 Å². The molecule has 19 heteroatoms. The number of carbonyl (C=O) groups excluding carboxylic acids is 4. The lowest BCUT2D eigenvalue weighted by molar-refractivity contribution is -0.161. The summed E-state index contributed by atoms with van der Waals surface area (Å²) >= 11 is 0. The summed E-state index contributed by atoms with van der Waals surface area (Å²) in [4.78, 5) is 72.6. The lowest BCUT2D eigenvalue weighted by atomic mass is 9.99. The van der Waals surface area contributed by atoms with Gasteiger partial charge >= 0.3 is 39.5 Å². The first kappa shape index (κ1) is 91.1. The van der Waals surface area contributed by atoms with Crippen LogP contribution in [-0.4, -0.2) is 96.7 Å². The minimum Gasteiger partial charge on any atom is -0.462 e. The Morgan fingerprint density at radius 2 is 0.548 bits per heavy atom. The van der Waals surface area contributed by atoms with E-state index in [1.54, 1.807) is 0 Å². The van der Waals surface area contributed by atoms with Gasteiger partial charge in [0.1, 0.15) is 19.3 Å². The summed E-state index contributed by atoms with van der Waals surface area (Å²) in [6.45, 7) is 9.52. The van der Waals surface area contributed by atoms with E-state index in [0.29, 0.717) is 31.6 Å². The number of aliphatic hydroxyl groups is 1. The summed E-state index contributed by atoms with van der Waals surface area (Å²) in [5.74, 6) is -0.617. The van der Waals surface area contributed by atoms with Gasteiger partial charge < -0.3 is 33.8 Å². The van der Waals surface area contributed by atoms with Crippen LogP contribution in [0.25, 0.3) is 0 Å². The number of carbonyl (C=O) groups is 4. The second kappa shape index (κ2) is 66.0. The van der Waals surface area contributed by atoms with Crippen LogP contribution in [0.2, 0.25) is 0 Å². The fourth-order valence-electron chi connectivity index (χ4n) is 11.3. The molecule has 0 spiro atoms. The summed E-state index contributed by atoms with van der Waals surface area (Å²) in [5, 5.41) is 10.6. The van der Waals surface area contributed by atoms with Crippen LogP contribution >= 0.6 is 15.6 Å². The summed E-state index contributed by atoms with van der Waals surface area (Å²) in [6, 6.07) is 0. The smallest absolute Gasteiger partial charge is 0.462 e. The molecule has 0 aliphatic carbocycles. The molecule has 6 atom stereocenters. The Hall–Kier alpha value is -1.94. The van der Waals surface area contributed by atoms with Crippen molar-refractivity contribution in [3.63, 3.8) is 0 Å². The minimum absolute atomic E-state index is 0.104. The zero-order valence-corrected chi connectivity index (χ0v) is 62.3. The van der Waals surface area contributed by atoms with Crippen molar-refractivity contribution in [1.82, 2.24) is 0 Å². The van der Waals surface area contributed by atoms with E-state index in [2.05, 4.69) is 41.5 Å². The molecular weight excluding hydrogens is 1220 g/mol. The maximum absolute atomic E-state index is 13.1. The third-order valence-electron chi connectivity index (χ3n) is 17.6. The fraction of sp³-hybridized carbons (Fsp3) is 0.946. The van der Waals surface area contributed by atoms with E-state index in [1.165, 1.54) is 199 Å². The Kier molecular flexibility index (Phi) is 64.6. The van der Waals surface area contributed by atoms with Gasteiger partial charge in [0.25, 0.3) is 0 Å². The van der Waals surface area contributed by atoms with Gasteiger partial charge in [-0.25, -0.2) is 9.13 Å². The van der Waals surface area contributed by atoms with Crippen molar-refractivity contribution in [1.29, 1.82) is 0 Å². The Morgan fingerprint density at radius 3 is 0.817 bits per heavy atom. The van der Waals surface area contributed by atoms with Crippen LogP contribution in [0.4, 0.5) is 0 Å². The molecule has 3 N–H and O–H groups in total. The first-order chi connectivity index (χ1) is 44.9. The Labute approximate surface area is 568 Å². The lowest BCUT2D eigenvalue weighted by Crippen LogP contribution is -2.30. The predicted molar refractivity (Wildman–Crippen MR) is 377 cm³/mol. The molecule has 93 heavy (non-hydrogen) atoms. The molecule has 0 aromatic rings. The molecule has 0 aliphatic heterocycles. The molecule has 0 aromatic carbocycles. The lowest BCUT2D eigenvalue weighted by Gasteiger charge is -2.21. The van der Waals surface area contributed by atoms with E-state index in [-0.39, 0.29) is 25.7 Å². The largest absolute Gasteiger partial charge is 0.472 e. The van der Waals surface area contributed by atoms with Crippen molar-refractivity contribution in [2.75, 3.05) is 39.6 Å². The highest BCUT2D eigenvalue weighted by Crippen LogP contribution is 2.45. The van der Waals surface area contributed by atoms with E-state index in [0.717, 1.165) is 95.8 Å². The monoisotopic (exact) mass is 1370 g/mol.